The highest BCUT2D eigenvalue weighted by Crippen LogP contribution is 2.35. The predicted molar refractivity (Wildman–Crippen MR) is 174 cm³/mol. The van der Waals surface area contributed by atoms with E-state index in [1.54, 1.807) is 45.0 Å². The molecule has 3 heterocycles. The molecule has 11 nitrogen and oxygen atoms in total. The van der Waals surface area contributed by atoms with Gasteiger partial charge in [0.15, 0.2) is 0 Å². The van der Waals surface area contributed by atoms with Crippen molar-refractivity contribution in [1.82, 2.24) is 19.6 Å². The highest BCUT2D eigenvalue weighted by Gasteiger charge is 2.43. The molecule has 0 radical (unpaired) electrons. The highest BCUT2D eigenvalue weighted by atomic mass is 16.6. The summed E-state index contributed by atoms with van der Waals surface area (Å²) in [5.74, 6) is -0.440. The van der Waals surface area contributed by atoms with Crippen LogP contribution < -0.4 is 4.74 Å². The van der Waals surface area contributed by atoms with Crippen molar-refractivity contribution in [2.24, 2.45) is 7.05 Å². The molecule has 1 fully saturated rings. The van der Waals surface area contributed by atoms with Gasteiger partial charge >= 0.3 is 12.1 Å². The van der Waals surface area contributed by atoms with Crippen LogP contribution in [0, 0.1) is 0 Å². The van der Waals surface area contributed by atoms with Gasteiger partial charge in [-0.25, -0.2) is 9.59 Å². The largest absolute Gasteiger partial charge is 0.488 e. The van der Waals surface area contributed by atoms with E-state index in [4.69, 9.17) is 19.3 Å². The van der Waals surface area contributed by atoms with Gasteiger partial charge < -0.3 is 14.2 Å². The first kappa shape index (κ1) is 31.8. The van der Waals surface area contributed by atoms with Crippen LogP contribution in [-0.2, 0) is 27.7 Å². The first-order valence-corrected chi connectivity index (χ1v) is 15.7. The van der Waals surface area contributed by atoms with Gasteiger partial charge in [-0.3, -0.25) is 24.1 Å². The van der Waals surface area contributed by atoms with Crippen molar-refractivity contribution in [3.05, 3.63) is 83.6 Å². The van der Waals surface area contributed by atoms with Crippen LogP contribution in [-0.4, -0.2) is 81.4 Å². The van der Waals surface area contributed by atoms with Crippen LogP contribution in [0.2, 0.25) is 0 Å². The van der Waals surface area contributed by atoms with E-state index in [2.05, 4.69) is 0 Å². The summed E-state index contributed by atoms with van der Waals surface area (Å²) in [6.07, 6.45) is 0.408. The Kier molecular flexibility index (Phi) is 8.48. The molecule has 0 N–H and O–H groups in total. The molecule has 1 saturated heterocycles. The number of ether oxygens (including phenoxy) is 3. The number of likely N-dealkylation sites (tertiary alicyclic amines) is 1. The van der Waals surface area contributed by atoms with Crippen LogP contribution in [0.3, 0.4) is 0 Å². The Morgan fingerprint density at radius 3 is 2.30 bits per heavy atom. The van der Waals surface area contributed by atoms with Gasteiger partial charge in [0.1, 0.15) is 23.5 Å². The van der Waals surface area contributed by atoms with E-state index in [-0.39, 0.29) is 24.8 Å². The molecule has 47 heavy (non-hydrogen) atoms. The normalized spacial score (nSPS) is 17.7. The number of rotatable bonds is 8. The quantitative estimate of drug-likeness (QED) is 0.186. The van der Waals surface area contributed by atoms with Gasteiger partial charge in [0.05, 0.1) is 30.3 Å². The first-order chi connectivity index (χ1) is 22.4. The number of hydrogen-bond acceptors (Lipinski definition) is 8. The number of carbonyl (C=O) groups is 4. The van der Waals surface area contributed by atoms with Crippen molar-refractivity contribution in [1.29, 1.82) is 0 Å². The van der Waals surface area contributed by atoms with E-state index in [0.29, 0.717) is 36.3 Å². The Morgan fingerprint density at radius 2 is 1.62 bits per heavy atom. The van der Waals surface area contributed by atoms with Crippen LogP contribution >= 0.6 is 0 Å². The van der Waals surface area contributed by atoms with E-state index in [1.807, 2.05) is 54.2 Å². The molecule has 4 aromatic rings. The maximum absolute atomic E-state index is 12.9. The van der Waals surface area contributed by atoms with Crippen molar-refractivity contribution in [3.63, 3.8) is 0 Å². The van der Waals surface area contributed by atoms with Crippen LogP contribution in [0.4, 0.5) is 4.79 Å². The SMILES string of the molecule is COC(=O)[C@@H]1C[C@H](Oc2cccc(-c3cccc4nn(C)c(CCCN5C(=O)c6ccccc6C5=O)c34)c2)CN1C(=O)OC(C)(C)C. The van der Waals surface area contributed by atoms with E-state index in [0.717, 1.165) is 27.7 Å². The van der Waals surface area contributed by atoms with Gasteiger partial charge in [-0.2, -0.15) is 5.10 Å². The van der Waals surface area contributed by atoms with Crippen molar-refractivity contribution in [2.45, 2.75) is 57.8 Å². The molecule has 11 heteroatoms. The van der Waals surface area contributed by atoms with Crippen LogP contribution in [0.1, 0.15) is 60.0 Å². The molecular formula is C36H38N4O7. The van der Waals surface area contributed by atoms with Crippen LogP contribution in [0.25, 0.3) is 22.0 Å². The zero-order valence-electron chi connectivity index (χ0n) is 27.2. The van der Waals surface area contributed by atoms with Gasteiger partial charge in [-0.05, 0) is 75.1 Å². The lowest BCUT2D eigenvalue weighted by atomic mass is 9.98. The second kappa shape index (κ2) is 12.5. The minimum Gasteiger partial charge on any atom is -0.488 e. The smallest absolute Gasteiger partial charge is 0.411 e. The first-order valence-electron chi connectivity index (χ1n) is 15.7. The number of imide groups is 1. The molecule has 0 spiro atoms. The zero-order valence-corrected chi connectivity index (χ0v) is 27.2. The second-order valence-electron chi connectivity index (χ2n) is 12.9. The molecule has 0 unspecified atom stereocenters. The zero-order chi connectivity index (χ0) is 33.5. The molecule has 2 aliphatic rings. The van der Waals surface area contributed by atoms with Crippen LogP contribution in [0.15, 0.2) is 66.7 Å². The van der Waals surface area contributed by atoms with Crippen molar-refractivity contribution in [3.8, 4) is 16.9 Å². The van der Waals surface area contributed by atoms with Gasteiger partial charge in [0, 0.05) is 31.1 Å². The molecule has 6 rings (SSSR count). The van der Waals surface area contributed by atoms with E-state index >= 15 is 0 Å². The Bertz CT molecular complexity index is 1840. The average Bonchev–Trinajstić information content (AvgIpc) is 3.68. The average molecular weight is 639 g/mol. The fourth-order valence-corrected chi connectivity index (χ4v) is 6.38. The number of aromatic nitrogens is 2. The lowest BCUT2D eigenvalue weighted by molar-refractivity contribution is -0.145. The number of benzene rings is 3. The number of methoxy groups -OCH3 is 1. The summed E-state index contributed by atoms with van der Waals surface area (Å²) in [5.41, 5.74) is 3.87. The summed E-state index contributed by atoms with van der Waals surface area (Å²) in [7, 11) is 3.19. The molecule has 2 aliphatic heterocycles. The summed E-state index contributed by atoms with van der Waals surface area (Å²) < 4.78 is 18.7. The molecular weight excluding hydrogens is 600 g/mol. The number of nitrogens with zero attached hydrogens (tertiary/aromatic N) is 4. The van der Waals surface area contributed by atoms with Gasteiger partial charge in [0.2, 0.25) is 0 Å². The minimum absolute atomic E-state index is 0.175. The number of hydrogen-bond donors (Lipinski definition) is 0. The molecule has 3 amide bonds. The third kappa shape index (κ3) is 6.30. The summed E-state index contributed by atoms with van der Waals surface area (Å²) in [4.78, 5) is 53.9. The topological polar surface area (TPSA) is 120 Å². The van der Waals surface area contributed by atoms with Crippen molar-refractivity contribution in [2.75, 3.05) is 20.2 Å². The lowest BCUT2D eigenvalue weighted by Gasteiger charge is -2.27. The standard InChI is InChI=1S/C36H38N4O7/c1-36(2,3)47-35(44)40-21-24(20-30(40)34(43)45-5)46-23-12-8-11-22(19-23)25-15-9-16-28-31(25)29(38(4)37-28)17-10-18-39-32(41)26-13-6-7-14-27(26)33(39)42/h6-9,11-16,19,24,30H,10,17-18,20-21H2,1-5H3/t24-,30-/m0/s1. The van der Waals surface area contributed by atoms with Crippen LogP contribution in [0.5, 0.6) is 5.75 Å². The fourth-order valence-electron chi connectivity index (χ4n) is 6.38. The second-order valence-corrected chi connectivity index (χ2v) is 12.9. The third-order valence-electron chi connectivity index (χ3n) is 8.46. The number of aryl methyl sites for hydroxylation is 2. The summed E-state index contributed by atoms with van der Waals surface area (Å²) >= 11 is 0. The summed E-state index contributed by atoms with van der Waals surface area (Å²) in [5, 5.41) is 5.73. The highest BCUT2D eigenvalue weighted by molar-refractivity contribution is 6.21. The lowest BCUT2D eigenvalue weighted by Crippen LogP contribution is -2.44. The van der Waals surface area contributed by atoms with E-state index in [9.17, 15) is 19.2 Å². The number of carbonyl (C=O) groups excluding carboxylic acids is 4. The number of amides is 3. The summed E-state index contributed by atoms with van der Waals surface area (Å²) in [6.45, 7) is 5.80. The monoisotopic (exact) mass is 638 g/mol. The number of fused-ring (bicyclic) bond motifs is 2. The molecule has 2 atom stereocenters. The fraction of sp³-hybridized carbons (Fsp3) is 0.361. The van der Waals surface area contributed by atoms with Crippen molar-refractivity contribution < 1.29 is 33.4 Å². The molecule has 1 aromatic heterocycles. The maximum Gasteiger partial charge on any atom is 0.411 e. The molecule has 0 saturated carbocycles. The Morgan fingerprint density at radius 1 is 0.936 bits per heavy atom. The van der Waals surface area contributed by atoms with E-state index < -0.39 is 29.8 Å². The van der Waals surface area contributed by atoms with Gasteiger partial charge in [-0.1, -0.05) is 36.4 Å². The van der Waals surface area contributed by atoms with E-state index in [1.165, 1.54) is 16.9 Å². The maximum atomic E-state index is 12.9. The predicted octanol–water partition coefficient (Wildman–Crippen LogP) is 5.40. The molecule has 0 bridgehead atoms. The summed E-state index contributed by atoms with van der Waals surface area (Å²) in [6, 6.07) is 19.7. The molecule has 0 aliphatic carbocycles. The van der Waals surface area contributed by atoms with Gasteiger partial charge in [-0.15, -0.1) is 0 Å². The Labute approximate surface area is 273 Å². The minimum atomic E-state index is -0.810. The number of esters is 1. The van der Waals surface area contributed by atoms with Gasteiger partial charge in [0.25, 0.3) is 11.8 Å². The van der Waals surface area contributed by atoms with Crippen molar-refractivity contribution >= 4 is 34.8 Å². The third-order valence-corrected chi connectivity index (χ3v) is 8.46. The Balaban J connectivity index is 1.20. The Hall–Kier alpha value is -5.19. The molecule has 244 valence electrons. The molecule has 3 aromatic carbocycles.